The van der Waals surface area contributed by atoms with E-state index >= 15 is 0 Å². The number of nitrogens with one attached hydrogen (secondary N) is 3. The predicted molar refractivity (Wildman–Crippen MR) is 120 cm³/mol. The summed E-state index contributed by atoms with van der Waals surface area (Å²) in [6.07, 6.45) is 3.12. The van der Waals surface area contributed by atoms with Gasteiger partial charge >= 0.3 is 0 Å². The Hall–Kier alpha value is -4.46. The zero-order valence-electron chi connectivity index (χ0n) is 18.2. The Morgan fingerprint density at radius 1 is 1.30 bits per heavy atom. The highest BCUT2D eigenvalue weighted by Gasteiger charge is 2.24. The highest BCUT2D eigenvalue weighted by Crippen LogP contribution is 2.34. The van der Waals surface area contributed by atoms with E-state index in [2.05, 4.69) is 55.6 Å². The molecule has 1 aliphatic heterocycles. The van der Waals surface area contributed by atoms with Crippen molar-refractivity contribution in [1.29, 1.82) is 5.26 Å². The number of rotatable bonds is 5. The number of hydrogen-bond acceptors (Lipinski definition) is 8. The summed E-state index contributed by atoms with van der Waals surface area (Å²) in [4.78, 5) is 28.4. The number of pyridine rings is 1. The van der Waals surface area contributed by atoms with E-state index in [4.69, 9.17) is 4.74 Å². The molecule has 0 unspecified atom stereocenters. The number of aromatic nitrogens is 6. The van der Waals surface area contributed by atoms with Gasteiger partial charge < -0.3 is 20.4 Å². The molecule has 33 heavy (non-hydrogen) atoms. The molecule has 3 N–H and O–H groups in total. The molecule has 5 heterocycles. The first kappa shape index (κ1) is 20.4. The standard InChI is InChI=1S/C22H21N9O2/c1-11(2)19(14-4-5-17-22(27-14)29-18(32)9-33-17)30-21-12-6-15(28-20(12)24-10-25-21)13-8-26-31(3)16(13)7-23/h4-6,8,10-11,19H,9H2,1-3H3,(H,27,29,32)(H2,24,25,28,30)/t19-/m1/s1. The van der Waals surface area contributed by atoms with Crippen molar-refractivity contribution in [2.24, 2.45) is 13.0 Å². The first-order valence-electron chi connectivity index (χ1n) is 10.4. The fourth-order valence-electron chi connectivity index (χ4n) is 3.85. The molecule has 1 aliphatic rings. The minimum atomic E-state index is -0.231. The highest BCUT2D eigenvalue weighted by atomic mass is 16.5. The third-order valence-corrected chi connectivity index (χ3v) is 5.53. The van der Waals surface area contributed by atoms with E-state index in [0.717, 1.165) is 16.8 Å². The van der Waals surface area contributed by atoms with E-state index in [1.165, 1.54) is 11.0 Å². The van der Waals surface area contributed by atoms with Crippen molar-refractivity contribution in [3.8, 4) is 23.1 Å². The van der Waals surface area contributed by atoms with Crippen LogP contribution in [0.1, 0.15) is 31.3 Å². The molecule has 1 amide bonds. The van der Waals surface area contributed by atoms with Crippen LogP contribution >= 0.6 is 0 Å². The van der Waals surface area contributed by atoms with Gasteiger partial charge in [-0.3, -0.25) is 9.48 Å². The topological polar surface area (TPSA) is 146 Å². The number of amides is 1. The van der Waals surface area contributed by atoms with Gasteiger partial charge in [0.2, 0.25) is 0 Å². The van der Waals surface area contributed by atoms with Crippen LogP contribution in [0.25, 0.3) is 22.3 Å². The van der Waals surface area contributed by atoms with E-state index < -0.39 is 0 Å². The lowest BCUT2D eigenvalue weighted by molar-refractivity contribution is -0.118. The number of hydrogen-bond donors (Lipinski definition) is 3. The van der Waals surface area contributed by atoms with E-state index in [0.29, 0.717) is 34.3 Å². The minimum absolute atomic E-state index is 0.0148. The summed E-state index contributed by atoms with van der Waals surface area (Å²) in [5.74, 6) is 1.51. The first-order valence-corrected chi connectivity index (χ1v) is 10.4. The van der Waals surface area contributed by atoms with Gasteiger partial charge in [-0.25, -0.2) is 15.0 Å². The predicted octanol–water partition coefficient (Wildman–Crippen LogP) is 2.77. The van der Waals surface area contributed by atoms with Crippen molar-refractivity contribution < 1.29 is 9.53 Å². The molecule has 4 aromatic rings. The van der Waals surface area contributed by atoms with Gasteiger partial charge in [-0.1, -0.05) is 13.8 Å². The summed E-state index contributed by atoms with van der Waals surface area (Å²) in [5.41, 5.74) is 3.25. The van der Waals surface area contributed by atoms with Crippen LogP contribution in [-0.4, -0.2) is 42.2 Å². The van der Waals surface area contributed by atoms with Gasteiger partial charge in [-0.05, 0) is 24.1 Å². The summed E-state index contributed by atoms with van der Waals surface area (Å²) in [6.45, 7) is 4.13. The van der Waals surface area contributed by atoms with Crippen LogP contribution in [-0.2, 0) is 11.8 Å². The largest absolute Gasteiger partial charge is 0.480 e. The van der Waals surface area contributed by atoms with Crippen LogP contribution in [0.3, 0.4) is 0 Å². The maximum absolute atomic E-state index is 11.7. The van der Waals surface area contributed by atoms with Gasteiger partial charge in [0.15, 0.2) is 18.2 Å². The van der Waals surface area contributed by atoms with Gasteiger partial charge in [0.1, 0.15) is 29.6 Å². The number of anilines is 2. The lowest BCUT2D eigenvalue weighted by Gasteiger charge is -2.25. The SMILES string of the molecule is CC(C)[C@@H](Nc1ncnc2[nH]c(-c3cnn(C)c3C#N)cc12)c1ccc2c(n1)NC(=O)CO2. The van der Waals surface area contributed by atoms with E-state index in [1.807, 2.05) is 18.2 Å². The van der Waals surface area contributed by atoms with Crippen molar-refractivity contribution in [3.63, 3.8) is 0 Å². The quantitative estimate of drug-likeness (QED) is 0.427. The maximum atomic E-state index is 11.7. The molecule has 11 nitrogen and oxygen atoms in total. The third kappa shape index (κ3) is 3.61. The second kappa shape index (κ2) is 7.90. The number of aromatic amines is 1. The second-order valence-electron chi connectivity index (χ2n) is 8.10. The van der Waals surface area contributed by atoms with Crippen molar-refractivity contribution in [1.82, 2.24) is 29.7 Å². The Bertz CT molecular complexity index is 1410. The summed E-state index contributed by atoms with van der Waals surface area (Å²) >= 11 is 0. The van der Waals surface area contributed by atoms with Gasteiger partial charge in [0.05, 0.1) is 34.6 Å². The lowest BCUT2D eigenvalue weighted by atomic mass is 10.00. The average Bonchev–Trinajstić information content (AvgIpc) is 3.40. The number of ether oxygens (including phenoxy) is 1. The summed E-state index contributed by atoms with van der Waals surface area (Å²) < 4.78 is 6.96. The molecule has 0 saturated heterocycles. The number of carbonyl (C=O) groups excluding carboxylic acids is 1. The number of aryl methyl sites for hydroxylation is 1. The fourth-order valence-corrected chi connectivity index (χ4v) is 3.85. The number of carbonyl (C=O) groups is 1. The average molecular weight is 443 g/mol. The smallest absolute Gasteiger partial charge is 0.263 e. The second-order valence-corrected chi connectivity index (χ2v) is 8.10. The van der Waals surface area contributed by atoms with Crippen molar-refractivity contribution >= 4 is 28.6 Å². The van der Waals surface area contributed by atoms with Gasteiger partial charge in [0.25, 0.3) is 5.91 Å². The van der Waals surface area contributed by atoms with Gasteiger partial charge in [-0.15, -0.1) is 0 Å². The number of nitriles is 1. The van der Waals surface area contributed by atoms with Crippen LogP contribution in [0, 0.1) is 17.2 Å². The van der Waals surface area contributed by atoms with Crippen LogP contribution in [0.2, 0.25) is 0 Å². The maximum Gasteiger partial charge on any atom is 0.263 e. The zero-order chi connectivity index (χ0) is 23.1. The molecule has 0 fully saturated rings. The Kier molecular flexibility index (Phi) is 4.90. The van der Waals surface area contributed by atoms with E-state index in [1.54, 1.807) is 13.2 Å². The number of fused-ring (bicyclic) bond motifs is 2. The molecule has 1 atom stereocenters. The Morgan fingerprint density at radius 3 is 2.94 bits per heavy atom. The molecule has 166 valence electrons. The summed E-state index contributed by atoms with van der Waals surface area (Å²) in [6, 6.07) is 7.57. The van der Waals surface area contributed by atoms with Crippen LogP contribution in [0.15, 0.2) is 30.7 Å². The molecule has 0 saturated carbocycles. The van der Waals surface area contributed by atoms with E-state index in [-0.39, 0.29) is 24.5 Å². The van der Waals surface area contributed by atoms with Crippen molar-refractivity contribution in [3.05, 3.63) is 42.1 Å². The van der Waals surface area contributed by atoms with Crippen LogP contribution in [0.4, 0.5) is 11.6 Å². The highest BCUT2D eigenvalue weighted by molar-refractivity contribution is 5.94. The van der Waals surface area contributed by atoms with Crippen molar-refractivity contribution in [2.45, 2.75) is 19.9 Å². The fraction of sp³-hybridized carbons (Fsp3) is 0.273. The van der Waals surface area contributed by atoms with Crippen LogP contribution < -0.4 is 15.4 Å². The Labute approximate surface area is 188 Å². The molecule has 5 rings (SSSR count). The molecule has 0 radical (unpaired) electrons. The zero-order valence-corrected chi connectivity index (χ0v) is 18.2. The molecular weight excluding hydrogens is 422 g/mol. The first-order chi connectivity index (χ1) is 15.9. The molecule has 0 aliphatic carbocycles. The van der Waals surface area contributed by atoms with E-state index in [9.17, 15) is 10.1 Å². The van der Waals surface area contributed by atoms with Crippen LogP contribution in [0.5, 0.6) is 5.75 Å². The summed E-state index contributed by atoms with van der Waals surface area (Å²) in [7, 11) is 1.73. The number of H-pyrrole nitrogens is 1. The molecule has 0 bridgehead atoms. The third-order valence-electron chi connectivity index (χ3n) is 5.53. The molecule has 11 heteroatoms. The molecule has 4 aromatic heterocycles. The van der Waals surface area contributed by atoms with Crippen molar-refractivity contribution in [2.75, 3.05) is 17.2 Å². The monoisotopic (exact) mass is 443 g/mol. The normalized spacial score (nSPS) is 13.8. The molecular formula is C22H21N9O2. The number of nitrogens with zero attached hydrogens (tertiary/aromatic N) is 6. The Morgan fingerprint density at radius 2 is 2.15 bits per heavy atom. The molecule has 0 aromatic carbocycles. The Balaban J connectivity index is 1.52. The lowest BCUT2D eigenvalue weighted by Crippen LogP contribution is -2.27. The van der Waals surface area contributed by atoms with Gasteiger partial charge in [-0.2, -0.15) is 10.4 Å². The summed E-state index contributed by atoms with van der Waals surface area (Å²) in [5, 5.41) is 20.7. The van der Waals surface area contributed by atoms with Gasteiger partial charge in [0, 0.05) is 7.05 Å². The molecule has 0 spiro atoms. The minimum Gasteiger partial charge on any atom is -0.480 e.